The summed E-state index contributed by atoms with van der Waals surface area (Å²) in [4.78, 5) is 24.7. The van der Waals surface area contributed by atoms with Crippen LogP contribution in [0, 0.1) is 11.3 Å². The van der Waals surface area contributed by atoms with Gasteiger partial charge in [-0.2, -0.15) is 5.26 Å². The lowest BCUT2D eigenvalue weighted by Crippen LogP contribution is -2.31. The molecule has 0 fully saturated rings. The van der Waals surface area contributed by atoms with Crippen molar-refractivity contribution in [3.63, 3.8) is 0 Å². The average molecular weight is 454 g/mol. The SMILES string of the molecule is C[C@H](NC(=O)/C(C#N)=C/c1ccc(OCC(=O)N[C@H](C)c2ccccc2)cc1)c1ccccc1. The fourth-order valence-corrected chi connectivity index (χ4v) is 3.33. The summed E-state index contributed by atoms with van der Waals surface area (Å²) in [7, 11) is 0. The van der Waals surface area contributed by atoms with Crippen molar-refractivity contribution < 1.29 is 14.3 Å². The summed E-state index contributed by atoms with van der Waals surface area (Å²) in [6, 6.07) is 27.7. The molecule has 3 rings (SSSR count). The third-order valence-electron chi connectivity index (χ3n) is 5.25. The van der Waals surface area contributed by atoms with Gasteiger partial charge in [-0.05, 0) is 48.7 Å². The average Bonchev–Trinajstić information content (AvgIpc) is 2.87. The van der Waals surface area contributed by atoms with Crippen LogP contribution in [-0.4, -0.2) is 18.4 Å². The van der Waals surface area contributed by atoms with Crippen molar-refractivity contribution in [3.8, 4) is 11.8 Å². The number of nitrogens with zero attached hydrogens (tertiary/aromatic N) is 1. The smallest absolute Gasteiger partial charge is 0.262 e. The summed E-state index contributed by atoms with van der Waals surface area (Å²) < 4.78 is 5.56. The first-order valence-corrected chi connectivity index (χ1v) is 11.0. The van der Waals surface area contributed by atoms with Gasteiger partial charge in [0, 0.05) is 0 Å². The molecule has 0 bridgehead atoms. The van der Waals surface area contributed by atoms with E-state index >= 15 is 0 Å². The van der Waals surface area contributed by atoms with Gasteiger partial charge in [0.15, 0.2) is 6.61 Å². The lowest BCUT2D eigenvalue weighted by molar-refractivity contribution is -0.123. The maximum atomic E-state index is 12.5. The fourth-order valence-electron chi connectivity index (χ4n) is 3.33. The van der Waals surface area contributed by atoms with Gasteiger partial charge in [-0.3, -0.25) is 9.59 Å². The first-order chi connectivity index (χ1) is 16.5. The number of ether oxygens (including phenoxy) is 1. The highest BCUT2D eigenvalue weighted by molar-refractivity contribution is 6.01. The van der Waals surface area contributed by atoms with Crippen molar-refractivity contribution in [2.24, 2.45) is 0 Å². The molecule has 34 heavy (non-hydrogen) atoms. The third-order valence-corrected chi connectivity index (χ3v) is 5.25. The molecule has 2 amide bonds. The van der Waals surface area contributed by atoms with Crippen LogP contribution >= 0.6 is 0 Å². The van der Waals surface area contributed by atoms with Crippen molar-refractivity contribution >= 4 is 17.9 Å². The summed E-state index contributed by atoms with van der Waals surface area (Å²) in [6.45, 7) is 3.67. The highest BCUT2D eigenvalue weighted by atomic mass is 16.5. The van der Waals surface area contributed by atoms with Crippen LogP contribution in [0.15, 0.2) is 90.5 Å². The van der Waals surface area contributed by atoms with Crippen molar-refractivity contribution in [1.29, 1.82) is 5.26 Å². The second-order valence-electron chi connectivity index (χ2n) is 7.83. The summed E-state index contributed by atoms with van der Waals surface area (Å²) in [6.07, 6.45) is 1.52. The minimum atomic E-state index is -0.441. The Hall–Kier alpha value is -4.37. The van der Waals surface area contributed by atoms with Gasteiger partial charge in [0.25, 0.3) is 11.8 Å². The number of carbonyl (C=O) groups is 2. The van der Waals surface area contributed by atoms with Crippen LogP contribution in [-0.2, 0) is 9.59 Å². The Morgan fingerprint density at radius 2 is 1.38 bits per heavy atom. The standard InChI is InChI=1S/C28H27N3O3/c1-20(23-9-5-3-6-10-23)30-27(32)19-34-26-15-13-22(14-16-26)17-25(18-29)28(33)31-21(2)24-11-7-4-8-12-24/h3-17,20-21H,19H2,1-2H3,(H,30,32)(H,31,33)/b25-17+/t20-,21+/m1/s1. The Morgan fingerprint density at radius 1 is 0.853 bits per heavy atom. The molecule has 0 unspecified atom stereocenters. The summed E-state index contributed by atoms with van der Waals surface area (Å²) in [5, 5.41) is 15.2. The second kappa shape index (κ2) is 12.0. The number of nitrogens with one attached hydrogen (secondary N) is 2. The maximum Gasteiger partial charge on any atom is 0.262 e. The van der Waals surface area contributed by atoms with E-state index in [9.17, 15) is 14.9 Å². The molecule has 0 spiro atoms. The van der Waals surface area contributed by atoms with Gasteiger partial charge >= 0.3 is 0 Å². The summed E-state index contributed by atoms with van der Waals surface area (Å²) in [5.41, 5.74) is 2.65. The van der Waals surface area contributed by atoms with Crippen LogP contribution in [0.1, 0.15) is 42.6 Å². The van der Waals surface area contributed by atoms with Crippen molar-refractivity contribution in [3.05, 3.63) is 107 Å². The molecule has 0 aliphatic carbocycles. The zero-order chi connectivity index (χ0) is 24.3. The molecule has 6 nitrogen and oxygen atoms in total. The van der Waals surface area contributed by atoms with E-state index in [0.717, 1.165) is 11.1 Å². The van der Waals surface area contributed by atoms with E-state index < -0.39 is 5.91 Å². The van der Waals surface area contributed by atoms with Crippen LogP contribution in [0.2, 0.25) is 0 Å². The Morgan fingerprint density at radius 3 is 1.91 bits per heavy atom. The number of amides is 2. The van der Waals surface area contributed by atoms with Gasteiger partial charge in [0.1, 0.15) is 17.4 Å². The first-order valence-electron chi connectivity index (χ1n) is 11.0. The lowest BCUT2D eigenvalue weighted by Gasteiger charge is -2.14. The van der Waals surface area contributed by atoms with E-state index in [1.54, 1.807) is 24.3 Å². The first kappa shape index (κ1) is 24.3. The highest BCUT2D eigenvalue weighted by Crippen LogP contribution is 2.17. The molecule has 6 heteroatoms. The number of carbonyl (C=O) groups excluding carboxylic acids is 2. The second-order valence-corrected chi connectivity index (χ2v) is 7.83. The van der Waals surface area contributed by atoms with Gasteiger partial charge < -0.3 is 15.4 Å². The maximum absolute atomic E-state index is 12.5. The molecular weight excluding hydrogens is 426 g/mol. The van der Waals surface area contributed by atoms with E-state index in [0.29, 0.717) is 11.3 Å². The molecule has 2 atom stereocenters. The Balaban J connectivity index is 1.53. The molecule has 0 heterocycles. The van der Waals surface area contributed by atoms with E-state index in [4.69, 9.17) is 4.74 Å². The van der Waals surface area contributed by atoms with E-state index in [1.807, 2.05) is 80.6 Å². The number of nitriles is 1. The minimum absolute atomic E-state index is 0.00530. The van der Waals surface area contributed by atoms with E-state index in [-0.39, 0.29) is 30.2 Å². The number of rotatable bonds is 9. The molecule has 2 N–H and O–H groups in total. The van der Waals surface area contributed by atoms with Crippen LogP contribution in [0.4, 0.5) is 0 Å². The van der Waals surface area contributed by atoms with Crippen LogP contribution in [0.3, 0.4) is 0 Å². The zero-order valence-electron chi connectivity index (χ0n) is 19.2. The Labute approximate surface area is 199 Å². The molecule has 3 aromatic rings. The Kier molecular flexibility index (Phi) is 8.59. The highest BCUT2D eigenvalue weighted by Gasteiger charge is 2.14. The van der Waals surface area contributed by atoms with Crippen molar-refractivity contribution in [1.82, 2.24) is 10.6 Å². The lowest BCUT2D eigenvalue weighted by atomic mass is 10.1. The van der Waals surface area contributed by atoms with Crippen LogP contribution < -0.4 is 15.4 Å². The van der Waals surface area contributed by atoms with Crippen LogP contribution in [0.25, 0.3) is 6.08 Å². The van der Waals surface area contributed by atoms with Gasteiger partial charge in [-0.1, -0.05) is 72.8 Å². The normalized spacial score (nSPS) is 12.7. The molecule has 0 saturated carbocycles. The van der Waals surface area contributed by atoms with Gasteiger partial charge in [-0.25, -0.2) is 0 Å². The number of hydrogen-bond donors (Lipinski definition) is 2. The topological polar surface area (TPSA) is 91.2 Å². The summed E-state index contributed by atoms with van der Waals surface area (Å²) >= 11 is 0. The molecule has 0 aliphatic rings. The predicted molar refractivity (Wildman–Crippen MR) is 132 cm³/mol. The van der Waals surface area contributed by atoms with Gasteiger partial charge in [0.2, 0.25) is 0 Å². The fraction of sp³-hybridized carbons (Fsp3) is 0.179. The quantitative estimate of drug-likeness (QED) is 0.362. The summed E-state index contributed by atoms with van der Waals surface area (Å²) in [5.74, 6) is -0.153. The number of hydrogen-bond acceptors (Lipinski definition) is 4. The van der Waals surface area contributed by atoms with E-state index in [2.05, 4.69) is 10.6 Å². The third kappa shape index (κ3) is 7.07. The molecule has 0 saturated heterocycles. The van der Waals surface area contributed by atoms with Crippen molar-refractivity contribution in [2.75, 3.05) is 6.61 Å². The molecule has 0 aliphatic heterocycles. The van der Waals surface area contributed by atoms with Crippen LogP contribution in [0.5, 0.6) is 5.75 Å². The molecule has 3 aromatic carbocycles. The predicted octanol–water partition coefficient (Wildman–Crippen LogP) is 4.73. The molecule has 0 aromatic heterocycles. The largest absolute Gasteiger partial charge is 0.484 e. The monoisotopic (exact) mass is 453 g/mol. The Bertz CT molecular complexity index is 1170. The van der Waals surface area contributed by atoms with Gasteiger partial charge in [0.05, 0.1) is 12.1 Å². The molecule has 172 valence electrons. The van der Waals surface area contributed by atoms with Crippen molar-refractivity contribution in [2.45, 2.75) is 25.9 Å². The van der Waals surface area contributed by atoms with Gasteiger partial charge in [-0.15, -0.1) is 0 Å². The molecule has 0 radical (unpaired) electrons. The number of benzene rings is 3. The molecular formula is C28H27N3O3. The van der Waals surface area contributed by atoms with E-state index in [1.165, 1.54) is 6.08 Å². The minimum Gasteiger partial charge on any atom is -0.484 e. The zero-order valence-corrected chi connectivity index (χ0v) is 19.2.